The van der Waals surface area contributed by atoms with E-state index in [4.69, 9.17) is 4.74 Å². The monoisotopic (exact) mass is 318 g/mol. The molecule has 2 unspecified atom stereocenters. The molecule has 3 aliphatic heterocycles. The van der Waals surface area contributed by atoms with E-state index in [1.807, 2.05) is 24.3 Å². The molecule has 0 aliphatic carbocycles. The number of rotatable bonds is 3. The Hall–Kier alpha value is -1.53. The number of carbonyl (C=O) groups is 2. The van der Waals surface area contributed by atoms with Crippen LogP contribution >= 0.6 is 11.8 Å². The van der Waals surface area contributed by atoms with Crippen LogP contribution in [0.3, 0.4) is 0 Å². The third-order valence-corrected chi connectivity index (χ3v) is 5.83. The van der Waals surface area contributed by atoms with Gasteiger partial charge in [0.2, 0.25) is 5.91 Å². The van der Waals surface area contributed by atoms with Crippen molar-refractivity contribution in [3.8, 4) is 0 Å². The van der Waals surface area contributed by atoms with Crippen molar-refractivity contribution in [3.63, 3.8) is 0 Å². The number of benzene rings is 1. The largest absolute Gasteiger partial charge is 0.376 e. The summed E-state index contributed by atoms with van der Waals surface area (Å²) < 4.78 is 5.52. The molecule has 116 valence electrons. The Labute approximate surface area is 133 Å². The van der Waals surface area contributed by atoms with Gasteiger partial charge in [-0.3, -0.25) is 9.59 Å². The molecule has 4 rings (SSSR count). The molecular formula is C16H18N2O3S. The first-order valence-electron chi connectivity index (χ1n) is 7.68. The van der Waals surface area contributed by atoms with Gasteiger partial charge in [0, 0.05) is 24.5 Å². The highest BCUT2D eigenvalue weighted by Crippen LogP contribution is 2.47. The Morgan fingerprint density at radius 2 is 2.27 bits per heavy atom. The van der Waals surface area contributed by atoms with Crippen molar-refractivity contribution in [2.45, 2.75) is 30.4 Å². The Kier molecular flexibility index (Phi) is 3.58. The van der Waals surface area contributed by atoms with Gasteiger partial charge in [0.25, 0.3) is 5.91 Å². The van der Waals surface area contributed by atoms with E-state index in [2.05, 4.69) is 5.32 Å². The summed E-state index contributed by atoms with van der Waals surface area (Å²) in [6, 6.07) is 7.27. The van der Waals surface area contributed by atoms with Crippen LogP contribution in [0.15, 0.2) is 24.3 Å². The van der Waals surface area contributed by atoms with Gasteiger partial charge in [0.05, 0.1) is 6.10 Å². The van der Waals surface area contributed by atoms with E-state index in [1.165, 1.54) is 0 Å². The third kappa shape index (κ3) is 2.21. The van der Waals surface area contributed by atoms with E-state index in [9.17, 15) is 9.59 Å². The maximum Gasteiger partial charge on any atom is 0.256 e. The van der Waals surface area contributed by atoms with Gasteiger partial charge in [-0.15, -0.1) is 11.8 Å². The van der Waals surface area contributed by atoms with Crippen molar-refractivity contribution < 1.29 is 14.3 Å². The van der Waals surface area contributed by atoms with E-state index < -0.39 is 0 Å². The average Bonchev–Trinajstić information content (AvgIpc) is 3.25. The van der Waals surface area contributed by atoms with E-state index in [-0.39, 0.29) is 29.3 Å². The molecule has 0 saturated carbocycles. The molecule has 0 bridgehead atoms. The van der Waals surface area contributed by atoms with Gasteiger partial charge < -0.3 is 15.0 Å². The van der Waals surface area contributed by atoms with Gasteiger partial charge in [-0.25, -0.2) is 0 Å². The molecule has 0 radical (unpaired) electrons. The summed E-state index contributed by atoms with van der Waals surface area (Å²) in [4.78, 5) is 26.8. The number of fused-ring (bicyclic) bond motifs is 3. The van der Waals surface area contributed by atoms with Crippen LogP contribution in [0, 0.1) is 0 Å². The topological polar surface area (TPSA) is 58.6 Å². The van der Waals surface area contributed by atoms with Crippen molar-refractivity contribution in [1.29, 1.82) is 0 Å². The Bertz CT molecular complexity index is 615. The van der Waals surface area contributed by atoms with Gasteiger partial charge in [-0.2, -0.15) is 0 Å². The lowest BCUT2D eigenvalue weighted by atomic mass is 10.1. The number of amides is 2. The Morgan fingerprint density at radius 1 is 1.41 bits per heavy atom. The van der Waals surface area contributed by atoms with Crippen LogP contribution in [0.4, 0.5) is 0 Å². The van der Waals surface area contributed by atoms with Gasteiger partial charge in [-0.1, -0.05) is 18.2 Å². The number of hydrogen-bond acceptors (Lipinski definition) is 4. The third-order valence-electron chi connectivity index (χ3n) is 4.52. The molecule has 0 spiro atoms. The molecule has 2 fully saturated rings. The number of thioether (sulfide) groups is 1. The zero-order valence-electron chi connectivity index (χ0n) is 12.2. The van der Waals surface area contributed by atoms with Crippen LogP contribution in [-0.2, 0) is 9.53 Å². The number of ether oxygens (including phenoxy) is 1. The fraction of sp³-hybridized carbons (Fsp3) is 0.500. The quantitative estimate of drug-likeness (QED) is 0.919. The van der Waals surface area contributed by atoms with Gasteiger partial charge in [0.1, 0.15) is 11.4 Å². The van der Waals surface area contributed by atoms with Crippen molar-refractivity contribution in [2.75, 3.05) is 18.9 Å². The van der Waals surface area contributed by atoms with Gasteiger partial charge in [0.15, 0.2) is 0 Å². The van der Waals surface area contributed by atoms with Gasteiger partial charge >= 0.3 is 0 Å². The second-order valence-electron chi connectivity index (χ2n) is 5.88. The molecule has 3 heterocycles. The van der Waals surface area contributed by atoms with Crippen LogP contribution in [0.1, 0.15) is 34.1 Å². The molecule has 5 nitrogen and oxygen atoms in total. The zero-order valence-corrected chi connectivity index (χ0v) is 13.0. The minimum atomic E-state index is -0.378. The summed E-state index contributed by atoms with van der Waals surface area (Å²) in [5, 5.41) is 2.94. The summed E-state index contributed by atoms with van der Waals surface area (Å²) in [6.45, 7) is 1.32. The molecule has 1 aromatic rings. The fourth-order valence-electron chi connectivity index (χ4n) is 3.38. The van der Waals surface area contributed by atoms with Crippen molar-refractivity contribution in [2.24, 2.45) is 0 Å². The van der Waals surface area contributed by atoms with E-state index in [1.54, 1.807) is 16.7 Å². The van der Waals surface area contributed by atoms with E-state index in [0.717, 1.165) is 30.6 Å². The highest BCUT2D eigenvalue weighted by molar-refractivity contribution is 7.99. The summed E-state index contributed by atoms with van der Waals surface area (Å²) in [5.41, 5.74) is 1.77. The highest BCUT2D eigenvalue weighted by atomic mass is 32.2. The maximum absolute atomic E-state index is 12.6. The first kappa shape index (κ1) is 14.1. The van der Waals surface area contributed by atoms with Crippen LogP contribution in [0.5, 0.6) is 0 Å². The lowest BCUT2D eigenvalue weighted by Gasteiger charge is -2.23. The molecule has 22 heavy (non-hydrogen) atoms. The second-order valence-corrected chi connectivity index (χ2v) is 6.99. The van der Waals surface area contributed by atoms with Crippen LogP contribution < -0.4 is 5.32 Å². The number of nitrogens with one attached hydrogen (secondary N) is 1. The molecule has 6 heteroatoms. The smallest absolute Gasteiger partial charge is 0.256 e. The number of carbonyl (C=O) groups excluding carboxylic acids is 2. The minimum Gasteiger partial charge on any atom is -0.376 e. The first-order chi connectivity index (χ1) is 10.8. The van der Waals surface area contributed by atoms with Crippen molar-refractivity contribution in [1.82, 2.24) is 10.2 Å². The maximum atomic E-state index is 12.6. The van der Waals surface area contributed by atoms with Crippen LogP contribution in [-0.4, -0.2) is 47.8 Å². The summed E-state index contributed by atoms with van der Waals surface area (Å²) >= 11 is 1.67. The van der Waals surface area contributed by atoms with Crippen molar-refractivity contribution in [3.05, 3.63) is 35.4 Å². The summed E-state index contributed by atoms with van der Waals surface area (Å²) in [5.74, 6) is 0.566. The molecule has 1 N–H and O–H groups in total. The Morgan fingerprint density at radius 3 is 3.09 bits per heavy atom. The Balaban J connectivity index is 1.46. The molecule has 3 atom stereocenters. The van der Waals surface area contributed by atoms with E-state index >= 15 is 0 Å². The first-order valence-corrected chi connectivity index (χ1v) is 8.73. The number of nitrogens with zero attached hydrogens (tertiary/aromatic N) is 1. The van der Waals surface area contributed by atoms with Crippen LogP contribution in [0.25, 0.3) is 0 Å². The minimum absolute atomic E-state index is 0.0119. The highest BCUT2D eigenvalue weighted by Gasteiger charge is 2.48. The second kappa shape index (κ2) is 5.59. The predicted molar refractivity (Wildman–Crippen MR) is 83.6 cm³/mol. The molecule has 0 aromatic heterocycles. The molecular weight excluding hydrogens is 300 g/mol. The number of hydrogen-bond donors (Lipinski definition) is 1. The van der Waals surface area contributed by atoms with Crippen LogP contribution in [0.2, 0.25) is 0 Å². The molecule has 2 saturated heterocycles. The van der Waals surface area contributed by atoms with Gasteiger partial charge in [-0.05, 0) is 24.5 Å². The zero-order chi connectivity index (χ0) is 15.1. The summed E-state index contributed by atoms with van der Waals surface area (Å²) in [7, 11) is 0. The average molecular weight is 318 g/mol. The lowest BCUT2D eigenvalue weighted by molar-refractivity contribution is -0.125. The molecule has 3 aliphatic rings. The molecule has 2 amide bonds. The SMILES string of the molecule is O=C(NCC1CCCO1)[C@@H]1CSC2c3ccccc3C(=O)N21. The summed E-state index contributed by atoms with van der Waals surface area (Å²) in [6.07, 6.45) is 2.18. The predicted octanol–water partition coefficient (Wildman–Crippen LogP) is 1.55. The fourth-order valence-corrected chi connectivity index (χ4v) is 4.84. The normalized spacial score (nSPS) is 29.5. The van der Waals surface area contributed by atoms with Crippen molar-refractivity contribution >= 4 is 23.6 Å². The lowest BCUT2D eigenvalue weighted by Crippen LogP contribution is -2.47. The standard InChI is InChI=1S/C16H18N2O3S/c19-14(17-8-10-4-3-7-21-10)13-9-22-16-12-6-2-1-5-11(12)15(20)18(13)16/h1-2,5-6,10,13,16H,3-4,7-9H2,(H,17,19)/t10?,13-,16?/m0/s1. The van der Waals surface area contributed by atoms with E-state index in [0.29, 0.717) is 12.3 Å². The molecule has 1 aromatic carbocycles.